The minimum absolute atomic E-state index is 0.0727. The minimum Gasteiger partial charge on any atom is -0.360 e. The number of nitrogens with one attached hydrogen (secondary N) is 1. The fraction of sp³-hybridized carbons (Fsp3) is 0.304. The standard InChI is InChI=1S/C23H23FN6O2/c1-14(2)28-7-9-29(10-8-28)22(31)15-3-6-20(26-12-15)30-23(32)18-13-25-19-5-4-16(24)11-17(19)21(18)27-30/h3-6,11-14,25H,7-10H2,1-2H3. The van der Waals surface area contributed by atoms with Crippen LogP contribution in [0.4, 0.5) is 4.39 Å². The van der Waals surface area contributed by atoms with Crippen LogP contribution in [0.5, 0.6) is 0 Å². The molecule has 3 aliphatic rings. The van der Waals surface area contributed by atoms with Crippen molar-refractivity contribution in [3.05, 3.63) is 64.5 Å². The Morgan fingerprint density at radius 1 is 1.12 bits per heavy atom. The molecule has 3 aliphatic heterocycles. The van der Waals surface area contributed by atoms with Crippen molar-refractivity contribution in [2.45, 2.75) is 19.9 Å². The number of fused-ring (bicyclic) bond motifs is 3. The van der Waals surface area contributed by atoms with E-state index < -0.39 is 5.82 Å². The van der Waals surface area contributed by atoms with E-state index in [2.05, 4.69) is 33.8 Å². The lowest BCUT2D eigenvalue weighted by molar-refractivity contribution is 0.0595. The van der Waals surface area contributed by atoms with Crippen molar-refractivity contribution in [1.29, 1.82) is 0 Å². The predicted molar refractivity (Wildman–Crippen MR) is 119 cm³/mol. The van der Waals surface area contributed by atoms with Crippen LogP contribution in [0, 0.1) is 5.82 Å². The van der Waals surface area contributed by atoms with Crippen LogP contribution in [-0.4, -0.2) is 67.7 Å². The summed E-state index contributed by atoms with van der Waals surface area (Å²) in [5.41, 5.74) is 1.52. The number of aromatic nitrogens is 4. The third-order valence-corrected chi connectivity index (χ3v) is 6.03. The lowest BCUT2D eigenvalue weighted by Crippen LogP contribution is -2.50. The van der Waals surface area contributed by atoms with E-state index in [0.29, 0.717) is 52.7 Å². The highest BCUT2D eigenvalue weighted by atomic mass is 19.1. The molecule has 1 aromatic heterocycles. The Kier molecular flexibility index (Phi) is 4.97. The highest BCUT2D eigenvalue weighted by Gasteiger charge is 2.24. The zero-order valence-electron chi connectivity index (χ0n) is 17.9. The molecular formula is C23H23FN6O2. The molecule has 1 fully saturated rings. The van der Waals surface area contributed by atoms with Gasteiger partial charge < -0.3 is 9.88 Å². The molecule has 1 amide bonds. The van der Waals surface area contributed by atoms with Gasteiger partial charge in [0, 0.05) is 55.5 Å². The summed E-state index contributed by atoms with van der Waals surface area (Å²) in [6.07, 6.45) is 3.04. The number of amides is 1. The molecule has 8 nitrogen and oxygen atoms in total. The van der Waals surface area contributed by atoms with Gasteiger partial charge in [0.2, 0.25) is 0 Å². The summed E-state index contributed by atoms with van der Waals surface area (Å²) in [7, 11) is 0. The Balaban J connectivity index is 1.43. The number of carbonyl (C=O) groups excluding carboxylic acids is 1. The van der Waals surface area contributed by atoms with E-state index in [4.69, 9.17) is 0 Å². The van der Waals surface area contributed by atoms with Gasteiger partial charge in [0.15, 0.2) is 5.82 Å². The minimum atomic E-state index is -0.407. The fourth-order valence-corrected chi connectivity index (χ4v) is 4.15. The summed E-state index contributed by atoms with van der Waals surface area (Å²) < 4.78 is 14.9. The number of halogens is 1. The number of benzene rings is 1. The van der Waals surface area contributed by atoms with Crippen LogP contribution < -0.4 is 5.56 Å². The number of carbonyl (C=O) groups is 1. The van der Waals surface area contributed by atoms with Crippen molar-refractivity contribution < 1.29 is 9.18 Å². The summed E-state index contributed by atoms with van der Waals surface area (Å²) in [5, 5.41) is 4.91. The Bertz CT molecular complexity index is 1320. The molecule has 9 heteroatoms. The SMILES string of the molecule is CC(C)N1CCN(C(=O)c2ccc(-n3nc4c5cc(F)ccc5[nH]cc-4c3=O)nc2)CC1. The van der Waals surface area contributed by atoms with Crippen LogP contribution in [-0.2, 0) is 0 Å². The van der Waals surface area contributed by atoms with Gasteiger partial charge in [0.1, 0.15) is 11.5 Å². The van der Waals surface area contributed by atoms with Gasteiger partial charge in [-0.15, -0.1) is 0 Å². The molecule has 0 atom stereocenters. The van der Waals surface area contributed by atoms with Crippen molar-refractivity contribution in [2.24, 2.45) is 0 Å². The smallest absolute Gasteiger partial charge is 0.283 e. The topological polar surface area (TPSA) is 87.1 Å². The second-order valence-corrected chi connectivity index (χ2v) is 8.28. The second kappa shape index (κ2) is 7.83. The average Bonchev–Trinajstić information content (AvgIpc) is 3.15. The number of aromatic amines is 1. The number of rotatable bonds is 3. The monoisotopic (exact) mass is 434 g/mol. The summed E-state index contributed by atoms with van der Waals surface area (Å²) >= 11 is 0. The number of piperazine rings is 1. The largest absolute Gasteiger partial charge is 0.360 e. The van der Waals surface area contributed by atoms with Crippen molar-refractivity contribution >= 4 is 16.8 Å². The van der Waals surface area contributed by atoms with Crippen molar-refractivity contribution in [3.8, 4) is 17.1 Å². The molecule has 0 unspecified atom stereocenters. The maximum atomic E-state index is 13.8. The summed E-state index contributed by atoms with van der Waals surface area (Å²) in [6.45, 7) is 7.35. The number of nitrogens with zero attached hydrogens (tertiary/aromatic N) is 5. The third-order valence-electron chi connectivity index (χ3n) is 6.03. The predicted octanol–water partition coefficient (Wildman–Crippen LogP) is 2.52. The van der Waals surface area contributed by atoms with Gasteiger partial charge in [-0.05, 0) is 44.2 Å². The van der Waals surface area contributed by atoms with E-state index in [9.17, 15) is 14.0 Å². The van der Waals surface area contributed by atoms with E-state index in [0.717, 1.165) is 13.1 Å². The lowest BCUT2D eigenvalue weighted by atomic mass is 10.1. The Morgan fingerprint density at radius 3 is 2.59 bits per heavy atom. The quantitative estimate of drug-likeness (QED) is 0.536. The number of pyridine rings is 2. The van der Waals surface area contributed by atoms with Gasteiger partial charge in [-0.2, -0.15) is 9.78 Å². The molecule has 5 rings (SSSR count). The van der Waals surface area contributed by atoms with Gasteiger partial charge in [-0.3, -0.25) is 14.5 Å². The maximum absolute atomic E-state index is 13.8. The van der Waals surface area contributed by atoms with E-state index in [1.165, 1.54) is 23.0 Å². The van der Waals surface area contributed by atoms with Crippen molar-refractivity contribution in [1.82, 2.24) is 29.5 Å². The first-order valence-corrected chi connectivity index (χ1v) is 10.6. The molecular weight excluding hydrogens is 411 g/mol. The molecule has 0 bridgehead atoms. The molecule has 32 heavy (non-hydrogen) atoms. The molecule has 0 aliphatic carbocycles. The number of hydrogen-bond donors (Lipinski definition) is 1. The second-order valence-electron chi connectivity index (χ2n) is 8.28. The molecule has 1 saturated heterocycles. The van der Waals surface area contributed by atoms with Gasteiger partial charge in [-0.25, -0.2) is 9.37 Å². The molecule has 0 radical (unpaired) electrons. The highest BCUT2D eigenvalue weighted by molar-refractivity contribution is 5.94. The molecule has 0 spiro atoms. The lowest BCUT2D eigenvalue weighted by Gasteiger charge is -2.36. The van der Waals surface area contributed by atoms with Gasteiger partial charge in [-0.1, -0.05) is 0 Å². The molecule has 2 aromatic rings. The van der Waals surface area contributed by atoms with Crippen LogP contribution in [0.3, 0.4) is 0 Å². The normalized spacial score (nSPS) is 15.2. The first-order chi connectivity index (χ1) is 15.4. The maximum Gasteiger partial charge on any atom is 0.283 e. The van der Waals surface area contributed by atoms with E-state index >= 15 is 0 Å². The molecule has 1 N–H and O–H groups in total. The first kappa shape index (κ1) is 20.3. The van der Waals surface area contributed by atoms with Crippen molar-refractivity contribution in [2.75, 3.05) is 26.2 Å². The Morgan fingerprint density at radius 2 is 1.91 bits per heavy atom. The first-order valence-electron chi connectivity index (χ1n) is 10.6. The van der Waals surface area contributed by atoms with Crippen LogP contribution in [0.15, 0.2) is 47.5 Å². The zero-order valence-corrected chi connectivity index (χ0v) is 17.9. The van der Waals surface area contributed by atoms with Crippen molar-refractivity contribution in [3.63, 3.8) is 0 Å². The summed E-state index contributed by atoms with van der Waals surface area (Å²) in [6, 6.07) is 8.03. The Hall–Kier alpha value is -3.59. The summed E-state index contributed by atoms with van der Waals surface area (Å²) in [4.78, 5) is 37.2. The average molecular weight is 434 g/mol. The third kappa shape index (κ3) is 3.44. The number of H-pyrrole nitrogens is 1. The fourth-order valence-electron chi connectivity index (χ4n) is 4.15. The molecule has 164 valence electrons. The van der Waals surface area contributed by atoms with Gasteiger partial charge >= 0.3 is 0 Å². The van der Waals surface area contributed by atoms with E-state index in [1.807, 2.05) is 4.90 Å². The van der Waals surface area contributed by atoms with Crippen LogP contribution in [0.1, 0.15) is 24.2 Å². The van der Waals surface area contributed by atoms with Crippen LogP contribution in [0.2, 0.25) is 0 Å². The van der Waals surface area contributed by atoms with Gasteiger partial charge in [0.05, 0.1) is 11.1 Å². The highest BCUT2D eigenvalue weighted by Crippen LogP contribution is 2.26. The van der Waals surface area contributed by atoms with E-state index in [-0.39, 0.29) is 11.5 Å². The van der Waals surface area contributed by atoms with Gasteiger partial charge in [0.25, 0.3) is 11.5 Å². The Labute approximate surface area is 183 Å². The van der Waals surface area contributed by atoms with Crippen LogP contribution >= 0.6 is 0 Å². The molecule has 0 saturated carbocycles. The zero-order chi connectivity index (χ0) is 22.4. The molecule has 4 heterocycles. The summed E-state index contributed by atoms with van der Waals surface area (Å²) in [5.74, 6) is -0.177. The molecule has 1 aromatic carbocycles. The van der Waals surface area contributed by atoms with Crippen LogP contribution in [0.25, 0.3) is 28.0 Å². The number of hydrogen-bond acceptors (Lipinski definition) is 5. The van der Waals surface area contributed by atoms with E-state index in [1.54, 1.807) is 24.4 Å².